The molecule has 3 N–H and O–H groups in total. The third-order valence-corrected chi connectivity index (χ3v) is 1.54. The minimum Gasteiger partial charge on any atom is -0.392 e. The molecule has 0 aliphatic rings. The summed E-state index contributed by atoms with van der Waals surface area (Å²) < 4.78 is 0. The first kappa shape index (κ1) is 8.17. The van der Waals surface area contributed by atoms with Crippen LogP contribution in [0.4, 0.5) is 0 Å². The normalized spacial score (nSPS) is 10.0. The maximum absolute atomic E-state index is 8.86. The lowest BCUT2D eigenvalue weighted by molar-refractivity contribution is 0.280. The van der Waals surface area contributed by atoms with Gasteiger partial charge in [-0.2, -0.15) is 0 Å². The Bertz CT molecular complexity index is 225. The maximum Gasteiger partial charge on any atom is 0.0699 e. The van der Waals surface area contributed by atoms with Gasteiger partial charge in [0.05, 0.1) is 6.61 Å². The minimum absolute atomic E-state index is 0.0448. The SMILES string of the molecule is NCCc1ncccc1CO. The van der Waals surface area contributed by atoms with Crippen LogP contribution in [-0.2, 0) is 13.0 Å². The largest absolute Gasteiger partial charge is 0.392 e. The molecule has 60 valence electrons. The number of rotatable bonds is 3. The zero-order valence-corrected chi connectivity index (χ0v) is 6.33. The molecule has 11 heavy (non-hydrogen) atoms. The van der Waals surface area contributed by atoms with Crippen molar-refractivity contribution < 1.29 is 5.11 Å². The van der Waals surface area contributed by atoms with Crippen LogP contribution in [0, 0.1) is 0 Å². The third kappa shape index (κ3) is 2.00. The average molecular weight is 152 g/mol. The first-order valence-electron chi connectivity index (χ1n) is 3.62. The Morgan fingerprint density at radius 1 is 1.55 bits per heavy atom. The average Bonchev–Trinajstić information content (AvgIpc) is 2.06. The number of nitrogens with zero attached hydrogens (tertiary/aromatic N) is 1. The van der Waals surface area contributed by atoms with Crippen LogP contribution in [0.2, 0.25) is 0 Å². The number of aliphatic hydroxyl groups is 1. The highest BCUT2D eigenvalue weighted by molar-refractivity contribution is 5.18. The predicted molar refractivity (Wildman–Crippen MR) is 42.9 cm³/mol. The Balaban J connectivity index is 2.83. The van der Waals surface area contributed by atoms with Crippen LogP contribution in [0.5, 0.6) is 0 Å². The van der Waals surface area contributed by atoms with Gasteiger partial charge in [-0.3, -0.25) is 4.98 Å². The molecule has 1 aromatic rings. The van der Waals surface area contributed by atoms with Crippen molar-refractivity contribution in [2.45, 2.75) is 13.0 Å². The zero-order chi connectivity index (χ0) is 8.10. The Hall–Kier alpha value is -0.930. The Labute approximate surface area is 65.9 Å². The van der Waals surface area contributed by atoms with Crippen molar-refractivity contribution >= 4 is 0 Å². The molecular formula is C8H12N2O. The Morgan fingerprint density at radius 3 is 3.00 bits per heavy atom. The number of hydrogen-bond donors (Lipinski definition) is 2. The summed E-state index contributed by atoms with van der Waals surface area (Å²) in [6, 6.07) is 3.67. The molecule has 0 atom stereocenters. The quantitative estimate of drug-likeness (QED) is 0.644. The monoisotopic (exact) mass is 152 g/mol. The van der Waals surface area contributed by atoms with E-state index >= 15 is 0 Å². The molecule has 0 fully saturated rings. The highest BCUT2D eigenvalue weighted by atomic mass is 16.3. The van der Waals surface area contributed by atoms with E-state index in [4.69, 9.17) is 10.8 Å². The number of pyridine rings is 1. The summed E-state index contributed by atoms with van der Waals surface area (Å²) in [6.45, 7) is 0.618. The number of aromatic nitrogens is 1. The maximum atomic E-state index is 8.86. The number of hydrogen-bond acceptors (Lipinski definition) is 3. The van der Waals surface area contributed by atoms with E-state index < -0.39 is 0 Å². The van der Waals surface area contributed by atoms with Crippen molar-refractivity contribution in [1.82, 2.24) is 4.98 Å². The van der Waals surface area contributed by atoms with Gasteiger partial charge in [-0.1, -0.05) is 6.07 Å². The van der Waals surface area contributed by atoms with Crippen LogP contribution in [0.25, 0.3) is 0 Å². The molecule has 0 bridgehead atoms. The minimum atomic E-state index is 0.0448. The summed E-state index contributed by atoms with van der Waals surface area (Å²) in [5.74, 6) is 0. The summed E-state index contributed by atoms with van der Waals surface area (Å²) in [7, 11) is 0. The Kier molecular flexibility index (Phi) is 3.01. The van der Waals surface area contributed by atoms with E-state index in [1.54, 1.807) is 6.20 Å². The second-order valence-electron chi connectivity index (χ2n) is 2.31. The van der Waals surface area contributed by atoms with Crippen molar-refractivity contribution in [1.29, 1.82) is 0 Å². The van der Waals surface area contributed by atoms with Gasteiger partial charge in [0, 0.05) is 18.3 Å². The lowest BCUT2D eigenvalue weighted by atomic mass is 10.1. The molecule has 1 heterocycles. The van der Waals surface area contributed by atoms with Gasteiger partial charge in [0.25, 0.3) is 0 Å². The van der Waals surface area contributed by atoms with E-state index in [0.717, 1.165) is 17.7 Å². The standard InChI is InChI=1S/C8H12N2O/c9-4-3-8-7(6-11)2-1-5-10-8/h1-2,5,11H,3-4,6,9H2. The molecule has 3 heteroatoms. The highest BCUT2D eigenvalue weighted by Crippen LogP contribution is 2.04. The smallest absolute Gasteiger partial charge is 0.0699 e. The molecule has 0 radical (unpaired) electrons. The van der Waals surface area contributed by atoms with E-state index in [2.05, 4.69) is 4.98 Å². The topological polar surface area (TPSA) is 59.1 Å². The van der Waals surface area contributed by atoms with Gasteiger partial charge in [-0.05, 0) is 18.2 Å². The van der Waals surface area contributed by atoms with Gasteiger partial charge in [-0.25, -0.2) is 0 Å². The number of aliphatic hydroxyl groups excluding tert-OH is 1. The molecule has 0 saturated heterocycles. The molecule has 1 rings (SSSR count). The molecule has 0 unspecified atom stereocenters. The van der Waals surface area contributed by atoms with E-state index in [9.17, 15) is 0 Å². The molecule has 0 aromatic carbocycles. The zero-order valence-electron chi connectivity index (χ0n) is 6.33. The van der Waals surface area contributed by atoms with Crippen molar-refractivity contribution in [2.24, 2.45) is 5.73 Å². The molecule has 0 aliphatic heterocycles. The number of nitrogens with two attached hydrogens (primary N) is 1. The molecule has 0 aliphatic carbocycles. The van der Waals surface area contributed by atoms with Crippen LogP contribution in [0.1, 0.15) is 11.3 Å². The molecule has 0 saturated carbocycles. The predicted octanol–water partition coefficient (Wildman–Crippen LogP) is 0.0751. The van der Waals surface area contributed by atoms with Gasteiger partial charge in [0.15, 0.2) is 0 Å². The van der Waals surface area contributed by atoms with Crippen molar-refractivity contribution in [3.63, 3.8) is 0 Å². The van der Waals surface area contributed by atoms with Gasteiger partial charge >= 0.3 is 0 Å². The fraction of sp³-hybridized carbons (Fsp3) is 0.375. The van der Waals surface area contributed by atoms with Gasteiger partial charge in [-0.15, -0.1) is 0 Å². The fourth-order valence-corrected chi connectivity index (χ4v) is 0.977. The van der Waals surface area contributed by atoms with E-state index in [-0.39, 0.29) is 6.61 Å². The summed E-state index contributed by atoms with van der Waals surface area (Å²) in [5, 5.41) is 8.86. The summed E-state index contributed by atoms with van der Waals surface area (Å²) in [5.41, 5.74) is 7.14. The molecule has 1 aromatic heterocycles. The molecular weight excluding hydrogens is 140 g/mol. The van der Waals surface area contributed by atoms with Crippen LogP contribution < -0.4 is 5.73 Å². The second-order valence-corrected chi connectivity index (χ2v) is 2.31. The lowest BCUT2D eigenvalue weighted by Crippen LogP contribution is -2.06. The van der Waals surface area contributed by atoms with Gasteiger partial charge in [0.2, 0.25) is 0 Å². The van der Waals surface area contributed by atoms with Gasteiger partial charge in [0.1, 0.15) is 0 Å². The molecule has 3 nitrogen and oxygen atoms in total. The van der Waals surface area contributed by atoms with E-state index in [1.807, 2.05) is 12.1 Å². The third-order valence-electron chi connectivity index (χ3n) is 1.54. The van der Waals surface area contributed by atoms with Gasteiger partial charge < -0.3 is 10.8 Å². The van der Waals surface area contributed by atoms with Crippen LogP contribution in [0.15, 0.2) is 18.3 Å². The Morgan fingerprint density at radius 2 is 2.36 bits per heavy atom. The summed E-state index contributed by atoms with van der Waals surface area (Å²) in [6.07, 6.45) is 2.45. The van der Waals surface area contributed by atoms with E-state index in [0.29, 0.717) is 6.54 Å². The van der Waals surface area contributed by atoms with Crippen molar-refractivity contribution in [3.8, 4) is 0 Å². The highest BCUT2D eigenvalue weighted by Gasteiger charge is 1.99. The molecule has 0 spiro atoms. The summed E-state index contributed by atoms with van der Waals surface area (Å²) in [4.78, 5) is 4.10. The first-order chi connectivity index (χ1) is 5.38. The van der Waals surface area contributed by atoms with Crippen LogP contribution in [-0.4, -0.2) is 16.6 Å². The fourth-order valence-electron chi connectivity index (χ4n) is 0.977. The van der Waals surface area contributed by atoms with Crippen LogP contribution in [0.3, 0.4) is 0 Å². The van der Waals surface area contributed by atoms with E-state index in [1.165, 1.54) is 0 Å². The first-order valence-corrected chi connectivity index (χ1v) is 3.62. The second kappa shape index (κ2) is 4.05. The summed E-state index contributed by atoms with van der Waals surface area (Å²) >= 11 is 0. The lowest BCUT2D eigenvalue weighted by Gasteiger charge is -2.02. The van der Waals surface area contributed by atoms with Crippen molar-refractivity contribution in [2.75, 3.05) is 6.54 Å². The molecule has 0 amide bonds. The van der Waals surface area contributed by atoms with Crippen molar-refractivity contribution in [3.05, 3.63) is 29.6 Å². The van der Waals surface area contributed by atoms with Crippen LogP contribution >= 0.6 is 0 Å².